The molecule has 0 heterocycles. The Morgan fingerprint density at radius 2 is 2.11 bits per heavy atom. The first kappa shape index (κ1) is 16.1. The van der Waals surface area contributed by atoms with E-state index in [4.69, 9.17) is 33.7 Å². The molecule has 0 aromatic heterocycles. The van der Waals surface area contributed by atoms with Crippen LogP contribution in [0.3, 0.4) is 0 Å². The number of hydrogen-bond acceptors (Lipinski definition) is 3. The van der Waals surface area contributed by atoms with Crippen molar-refractivity contribution in [2.75, 3.05) is 26.0 Å². The molecule has 0 radical (unpaired) electrons. The number of carbonyl (C=O) groups is 1. The van der Waals surface area contributed by atoms with Gasteiger partial charge in [-0.3, -0.25) is 4.79 Å². The minimum atomic E-state index is -0.203. The van der Waals surface area contributed by atoms with Crippen molar-refractivity contribution in [1.29, 1.82) is 0 Å². The molecular formula is C13H18Cl2N2O2. The maximum absolute atomic E-state index is 12.5. The molecule has 0 aliphatic rings. The van der Waals surface area contributed by atoms with Gasteiger partial charge < -0.3 is 15.4 Å². The van der Waals surface area contributed by atoms with Crippen LogP contribution in [0.4, 0.5) is 5.69 Å². The Balaban J connectivity index is 3.10. The van der Waals surface area contributed by atoms with Gasteiger partial charge in [0.15, 0.2) is 0 Å². The van der Waals surface area contributed by atoms with Crippen molar-refractivity contribution in [2.24, 2.45) is 0 Å². The van der Waals surface area contributed by atoms with Crippen molar-refractivity contribution in [3.8, 4) is 0 Å². The molecule has 106 valence electrons. The van der Waals surface area contributed by atoms with E-state index in [9.17, 15) is 4.79 Å². The summed E-state index contributed by atoms with van der Waals surface area (Å²) in [5.41, 5.74) is 6.43. The summed E-state index contributed by atoms with van der Waals surface area (Å²) in [7, 11) is 1.60. The Bertz CT molecular complexity index is 466. The molecule has 0 fully saturated rings. The smallest absolute Gasteiger partial charge is 0.255 e. The zero-order valence-corrected chi connectivity index (χ0v) is 12.8. The van der Waals surface area contributed by atoms with Crippen molar-refractivity contribution in [3.05, 3.63) is 27.7 Å². The maximum atomic E-state index is 12.5. The third-order valence-electron chi connectivity index (χ3n) is 2.82. The minimum Gasteiger partial charge on any atom is -0.399 e. The summed E-state index contributed by atoms with van der Waals surface area (Å²) >= 11 is 12.0. The van der Waals surface area contributed by atoms with Gasteiger partial charge in [-0.25, -0.2) is 0 Å². The van der Waals surface area contributed by atoms with Crippen LogP contribution in [0.1, 0.15) is 24.2 Å². The number of halogens is 2. The molecule has 0 bridgehead atoms. The lowest BCUT2D eigenvalue weighted by Gasteiger charge is -2.28. The summed E-state index contributed by atoms with van der Waals surface area (Å²) in [4.78, 5) is 14.2. The molecule has 0 saturated heterocycles. The number of nitrogens with zero attached hydrogens (tertiary/aromatic N) is 1. The summed E-state index contributed by atoms with van der Waals surface area (Å²) in [6.45, 7) is 4.80. The molecular weight excluding hydrogens is 287 g/mol. The zero-order chi connectivity index (χ0) is 14.6. The second-order valence-electron chi connectivity index (χ2n) is 4.26. The number of methoxy groups -OCH3 is 1. The first-order chi connectivity index (χ1) is 8.92. The van der Waals surface area contributed by atoms with E-state index in [0.29, 0.717) is 24.4 Å². The largest absolute Gasteiger partial charge is 0.399 e. The Labute approximate surface area is 123 Å². The molecule has 19 heavy (non-hydrogen) atoms. The molecule has 6 heteroatoms. The number of ether oxygens (including phenoxy) is 1. The monoisotopic (exact) mass is 304 g/mol. The summed E-state index contributed by atoms with van der Waals surface area (Å²) in [5, 5.41) is 0.504. The number of likely N-dealkylation sites (N-methyl/N-ethyl adjacent to an activating group) is 1. The summed E-state index contributed by atoms with van der Waals surface area (Å²) in [6, 6.07) is 3.01. The summed E-state index contributed by atoms with van der Waals surface area (Å²) in [6.07, 6.45) is 0. The van der Waals surface area contributed by atoms with Gasteiger partial charge in [-0.15, -0.1) is 0 Å². The number of anilines is 1. The van der Waals surface area contributed by atoms with Crippen LogP contribution in [0.5, 0.6) is 0 Å². The van der Waals surface area contributed by atoms with Gasteiger partial charge in [0.05, 0.1) is 28.3 Å². The van der Waals surface area contributed by atoms with Crippen LogP contribution in [0, 0.1) is 0 Å². The molecule has 0 aliphatic carbocycles. The van der Waals surface area contributed by atoms with E-state index in [2.05, 4.69) is 0 Å². The molecule has 1 unspecified atom stereocenters. The van der Waals surface area contributed by atoms with Crippen LogP contribution < -0.4 is 5.73 Å². The summed E-state index contributed by atoms with van der Waals surface area (Å²) in [5.74, 6) is -0.203. The van der Waals surface area contributed by atoms with Crippen molar-refractivity contribution >= 4 is 34.8 Å². The van der Waals surface area contributed by atoms with E-state index in [0.717, 1.165) is 0 Å². The first-order valence-electron chi connectivity index (χ1n) is 5.96. The fraction of sp³-hybridized carbons (Fsp3) is 0.462. The fourth-order valence-corrected chi connectivity index (χ4v) is 2.32. The van der Waals surface area contributed by atoms with Gasteiger partial charge in [-0.05, 0) is 26.0 Å². The lowest BCUT2D eigenvalue weighted by atomic mass is 10.1. The van der Waals surface area contributed by atoms with Crippen LogP contribution >= 0.6 is 23.2 Å². The average Bonchev–Trinajstić information content (AvgIpc) is 2.34. The standard InChI is InChI=1S/C13H18Cl2N2O2/c1-4-17(8(2)7-19-3)13(18)10-5-9(16)6-11(14)12(10)15/h5-6,8H,4,7,16H2,1-3H3. The van der Waals surface area contributed by atoms with Gasteiger partial charge in [0.1, 0.15) is 0 Å². The normalized spacial score (nSPS) is 12.3. The molecule has 1 aromatic carbocycles. The second kappa shape index (κ2) is 6.98. The number of carbonyl (C=O) groups excluding carboxylic acids is 1. The Kier molecular flexibility index (Phi) is 5.91. The number of nitrogens with two attached hydrogens (primary N) is 1. The lowest BCUT2D eigenvalue weighted by molar-refractivity contribution is 0.0579. The van der Waals surface area contributed by atoms with Gasteiger partial charge in [0.25, 0.3) is 5.91 Å². The van der Waals surface area contributed by atoms with E-state index in [1.807, 2.05) is 13.8 Å². The number of hydrogen-bond donors (Lipinski definition) is 1. The quantitative estimate of drug-likeness (QED) is 0.851. The highest BCUT2D eigenvalue weighted by molar-refractivity contribution is 6.44. The number of benzene rings is 1. The fourth-order valence-electron chi connectivity index (χ4n) is 1.91. The number of nitrogen functional groups attached to an aromatic ring is 1. The molecule has 0 aliphatic heterocycles. The summed E-state index contributed by atoms with van der Waals surface area (Å²) < 4.78 is 5.07. The van der Waals surface area contributed by atoms with Crippen LogP contribution in [0.15, 0.2) is 12.1 Å². The van der Waals surface area contributed by atoms with Crippen molar-refractivity contribution in [3.63, 3.8) is 0 Å². The van der Waals surface area contributed by atoms with Crippen LogP contribution in [0.25, 0.3) is 0 Å². The molecule has 2 N–H and O–H groups in total. The highest BCUT2D eigenvalue weighted by Gasteiger charge is 2.23. The Morgan fingerprint density at radius 3 is 2.63 bits per heavy atom. The molecule has 1 amide bonds. The molecule has 0 saturated carbocycles. The SMILES string of the molecule is CCN(C(=O)c1cc(N)cc(Cl)c1Cl)C(C)COC. The first-order valence-corrected chi connectivity index (χ1v) is 6.72. The molecule has 0 spiro atoms. The van der Waals surface area contributed by atoms with E-state index in [1.54, 1.807) is 18.1 Å². The van der Waals surface area contributed by atoms with Gasteiger partial charge in [0, 0.05) is 19.3 Å². The van der Waals surface area contributed by atoms with Crippen LogP contribution in [-0.4, -0.2) is 37.1 Å². The number of amides is 1. The predicted molar refractivity (Wildman–Crippen MR) is 78.9 cm³/mol. The minimum absolute atomic E-state index is 0.0567. The highest BCUT2D eigenvalue weighted by atomic mass is 35.5. The number of rotatable bonds is 5. The second-order valence-corrected chi connectivity index (χ2v) is 5.04. The Morgan fingerprint density at radius 1 is 1.47 bits per heavy atom. The highest BCUT2D eigenvalue weighted by Crippen LogP contribution is 2.30. The Hall–Kier alpha value is -0.970. The van der Waals surface area contributed by atoms with Crippen molar-refractivity contribution in [1.82, 2.24) is 4.90 Å². The molecule has 1 atom stereocenters. The van der Waals surface area contributed by atoms with Gasteiger partial charge in [0.2, 0.25) is 0 Å². The predicted octanol–water partition coefficient (Wildman–Crippen LogP) is 3.07. The maximum Gasteiger partial charge on any atom is 0.255 e. The third kappa shape index (κ3) is 3.75. The van der Waals surface area contributed by atoms with E-state index in [-0.39, 0.29) is 22.0 Å². The van der Waals surface area contributed by atoms with Gasteiger partial charge in [-0.2, -0.15) is 0 Å². The van der Waals surface area contributed by atoms with Gasteiger partial charge in [-0.1, -0.05) is 23.2 Å². The van der Waals surface area contributed by atoms with E-state index >= 15 is 0 Å². The third-order valence-corrected chi connectivity index (χ3v) is 3.62. The topological polar surface area (TPSA) is 55.6 Å². The van der Waals surface area contributed by atoms with Crippen LogP contribution in [-0.2, 0) is 4.74 Å². The molecule has 1 aromatic rings. The lowest BCUT2D eigenvalue weighted by Crippen LogP contribution is -2.41. The van der Waals surface area contributed by atoms with E-state index in [1.165, 1.54) is 6.07 Å². The van der Waals surface area contributed by atoms with Crippen molar-refractivity contribution < 1.29 is 9.53 Å². The van der Waals surface area contributed by atoms with E-state index < -0.39 is 0 Å². The molecule has 1 rings (SSSR count). The van der Waals surface area contributed by atoms with Crippen molar-refractivity contribution in [2.45, 2.75) is 19.9 Å². The van der Waals surface area contributed by atoms with Gasteiger partial charge >= 0.3 is 0 Å². The average molecular weight is 305 g/mol. The zero-order valence-electron chi connectivity index (χ0n) is 11.2. The van der Waals surface area contributed by atoms with Crippen LogP contribution in [0.2, 0.25) is 10.0 Å². The molecule has 4 nitrogen and oxygen atoms in total.